The summed E-state index contributed by atoms with van der Waals surface area (Å²) in [5.41, 5.74) is 2.98. The highest BCUT2D eigenvalue weighted by atomic mass is 35.5. The van der Waals surface area contributed by atoms with Crippen LogP contribution in [0.4, 0.5) is 5.69 Å². The quantitative estimate of drug-likeness (QED) is 0.660. The lowest BCUT2D eigenvalue weighted by Gasteiger charge is -2.26. The number of anilines is 1. The monoisotopic (exact) mass is 357 g/mol. The van der Waals surface area contributed by atoms with Gasteiger partial charge in [0, 0.05) is 29.2 Å². The second kappa shape index (κ2) is 6.43. The Bertz CT molecular complexity index is 895. The molecule has 3 aromatic rings. The van der Waals surface area contributed by atoms with Crippen LogP contribution in [0.15, 0.2) is 54.7 Å². The SMILES string of the molecule is S=C(Nc1ccccc1Cl)N1CCO[C@@H]1c1c[nH]c2ccccc12. The summed E-state index contributed by atoms with van der Waals surface area (Å²) in [6.07, 6.45) is 1.79. The largest absolute Gasteiger partial charge is 0.361 e. The van der Waals surface area contributed by atoms with Crippen molar-refractivity contribution in [2.24, 2.45) is 0 Å². The fourth-order valence-electron chi connectivity index (χ4n) is 2.98. The molecule has 122 valence electrons. The van der Waals surface area contributed by atoms with Crippen LogP contribution in [-0.4, -0.2) is 28.1 Å². The average Bonchev–Trinajstić information content (AvgIpc) is 3.23. The van der Waals surface area contributed by atoms with Crippen LogP contribution in [0.3, 0.4) is 0 Å². The minimum atomic E-state index is -0.205. The molecule has 1 aliphatic heterocycles. The van der Waals surface area contributed by atoms with Crippen molar-refractivity contribution in [3.05, 3.63) is 65.3 Å². The molecule has 1 aliphatic rings. The van der Waals surface area contributed by atoms with E-state index in [1.807, 2.05) is 47.5 Å². The summed E-state index contributed by atoms with van der Waals surface area (Å²) in [7, 11) is 0. The molecular weight excluding hydrogens is 342 g/mol. The van der Waals surface area contributed by atoms with Gasteiger partial charge in [0.2, 0.25) is 0 Å². The molecule has 24 heavy (non-hydrogen) atoms. The van der Waals surface area contributed by atoms with Crippen LogP contribution in [0.25, 0.3) is 10.9 Å². The van der Waals surface area contributed by atoms with Crippen molar-refractivity contribution < 1.29 is 4.74 Å². The fraction of sp³-hybridized carbons (Fsp3) is 0.167. The second-order valence-electron chi connectivity index (χ2n) is 5.62. The van der Waals surface area contributed by atoms with E-state index in [1.165, 1.54) is 0 Å². The number of ether oxygens (including phenoxy) is 1. The van der Waals surface area contributed by atoms with Crippen molar-refractivity contribution in [2.45, 2.75) is 6.23 Å². The van der Waals surface area contributed by atoms with Gasteiger partial charge in [-0.15, -0.1) is 0 Å². The van der Waals surface area contributed by atoms with Crippen LogP contribution in [0.1, 0.15) is 11.8 Å². The molecular formula is C18H16ClN3OS. The third-order valence-corrected chi connectivity index (χ3v) is 4.82. The number of para-hydroxylation sites is 2. The molecule has 0 saturated carbocycles. The lowest BCUT2D eigenvalue weighted by Crippen LogP contribution is -2.34. The molecule has 2 heterocycles. The van der Waals surface area contributed by atoms with Crippen molar-refractivity contribution in [1.29, 1.82) is 0 Å². The van der Waals surface area contributed by atoms with Crippen LogP contribution < -0.4 is 5.32 Å². The highest BCUT2D eigenvalue weighted by Crippen LogP contribution is 2.33. The van der Waals surface area contributed by atoms with Gasteiger partial charge in [-0.05, 0) is 30.4 Å². The topological polar surface area (TPSA) is 40.3 Å². The minimum absolute atomic E-state index is 0.205. The lowest BCUT2D eigenvalue weighted by molar-refractivity contribution is 0.0654. The van der Waals surface area contributed by atoms with Crippen LogP contribution in [0.2, 0.25) is 5.02 Å². The van der Waals surface area contributed by atoms with Crippen LogP contribution in [0.5, 0.6) is 0 Å². The van der Waals surface area contributed by atoms with E-state index in [0.29, 0.717) is 16.7 Å². The Morgan fingerprint density at radius 2 is 2.00 bits per heavy atom. The fourth-order valence-corrected chi connectivity index (χ4v) is 3.46. The third kappa shape index (κ3) is 2.75. The summed E-state index contributed by atoms with van der Waals surface area (Å²) >= 11 is 11.8. The molecule has 4 nitrogen and oxygen atoms in total. The summed E-state index contributed by atoms with van der Waals surface area (Å²) < 4.78 is 5.95. The third-order valence-electron chi connectivity index (χ3n) is 4.15. The molecule has 1 fully saturated rings. The summed E-state index contributed by atoms with van der Waals surface area (Å²) in [4.78, 5) is 5.34. The number of fused-ring (bicyclic) bond motifs is 1. The van der Waals surface area contributed by atoms with Crippen LogP contribution in [-0.2, 0) is 4.74 Å². The van der Waals surface area contributed by atoms with Crippen molar-refractivity contribution in [1.82, 2.24) is 9.88 Å². The van der Waals surface area contributed by atoms with E-state index in [9.17, 15) is 0 Å². The summed E-state index contributed by atoms with van der Waals surface area (Å²) in [5.74, 6) is 0. The van der Waals surface area contributed by atoms with Crippen LogP contribution >= 0.6 is 23.8 Å². The Labute approximate surface area is 150 Å². The smallest absolute Gasteiger partial charge is 0.175 e. The van der Waals surface area contributed by atoms with E-state index in [-0.39, 0.29) is 6.23 Å². The molecule has 2 aromatic carbocycles. The Hall–Kier alpha value is -2.08. The summed E-state index contributed by atoms with van der Waals surface area (Å²) in [6, 6.07) is 15.7. The molecule has 1 saturated heterocycles. The number of rotatable bonds is 2. The van der Waals surface area contributed by atoms with Gasteiger partial charge in [0.1, 0.15) is 0 Å². The first kappa shape index (κ1) is 15.4. The zero-order chi connectivity index (χ0) is 16.5. The Kier molecular flexibility index (Phi) is 4.14. The molecule has 1 atom stereocenters. The molecule has 0 unspecified atom stereocenters. The highest BCUT2D eigenvalue weighted by Gasteiger charge is 2.30. The van der Waals surface area contributed by atoms with E-state index in [4.69, 9.17) is 28.6 Å². The molecule has 0 aliphatic carbocycles. The zero-order valence-corrected chi connectivity index (χ0v) is 14.4. The maximum Gasteiger partial charge on any atom is 0.175 e. The highest BCUT2D eigenvalue weighted by molar-refractivity contribution is 7.80. The van der Waals surface area contributed by atoms with Crippen LogP contribution in [0, 0.1) is 0 Å². The van der Waals surface area contributed by atoms with Gasteiger partial charge in [-0.25, -0.2) is 0 Å². The van der Waals surface area contributed by atoms with E-state index in [2.05, 4.69) is 22.4 Å². The first-order valence-corrected chi connectivity index (χ1v) is 8.52. The predicted molar refractivity (Wildman–Crippen MR) is 101 cm³/mol. The maximum absolute atomic E-state index is 6.21. The van der Waals surface area contributed by atoms with E-state index < -0.39 is 0 Å². The van der Waals surface area contributed by atoms with Gasteiger partial charge in [-0.1, -0.05) is 41.9 Å². The molecule has 0 spiro atoms. The Morgan fingerprint density at radius 3 is 2.88 bits per heavy atom. The van der Waals surface area contributed by atoms with E-state index in [0.717, 1.165) is 28.7 Å². The normalized spacial score (nSPS) is 17.4. The number of aromatic nitrogens is 1. The lowest BCUT2D eigenvalue weighted by atomic mass is 10.1. The first-order chi connectivity index (χ1) is 11.7. The molecule has 0 radical (unpaired) electrons. The van der Waals surface area contributed by atoms with Crippen molar-refractivity contribution in [3.63, 3.8) is 0 Å². The number of thiocarbonyl (C=S) groups is 1. The van der Waals surface area contributed by atoms with Crippen molar-refractivity contribution in [2.75, 3.05) is 18.5 Å². The number of benzene rings is 2. The number of hydrogen-bond acceptors (Lipinski definition) is 2. The zero-order valence-electron chi connectivity index (χ0n) is 12.8. The summed E-state index contributed by atoms with van der Waals surface area (Å²) in [6.45, 7) is 1.37. The number of nitrogens with one attached hydrogen (secondary N) is 2. The number of nitrogens with zero attached hydrogens (tertiary/aromatic N) is 1. The van der Waals surface area contributed by atoms with Crippen molar-refractivity contribution >= 4 is 45.5 Å². The molecule has 2 N–H and O–H groups in total. The number of halogens is 1. The van der Waals surface area contributed by atoms with E-state index in [1.54, 1.807) is 0 Å². The van der Waals surface area contributed by atoms with Gasteiger partial charge in [0.05, 0.1) is 17.3 Å². The van der Waals surface area contributed by atoms with E-state index >= 15 is 0 Å². The average molecular weight is 358 g/mol. The van der Waals surface area contributed by atoms with Gasteiger partial charge >= 0.3 is 0 Å². The Morgan fingerprint density at radius 1 is 1.21 bits per heavy atom. The van der Waals surface area contributed by atoms with Gasteiger partial charge in [0.15, 0.2) is 11.3 Å². The first-order valence-electron chi connectivity index (χ1n) is 7.74. The van der Waals surface area contributed by atoms with Gasteiger partial charge in [0.25, 0.3) is 0 Å². The molecule has 4 rings (SSSR count). The predicted octanol–water partition coefficient (Wildman–Crippen LogP) is 4.55. The second-order valence-corrected chi connectivity index (χ2v) is 6.41. The number of aromatic amines is 1. The van der Waals surface area contributed by atoms with Gasteiger partial charge in [-0.2, -0.15) is 0 Å². The molecule has 6 heteroatoms. The molecule has 1 aromatic heterocycles. The summed E-state index contributed by atoms with van der Waals surface area (Å²) in [5, 5.41) is 5.62. The van der Waals surface area contributed by atoms with Crippen molar-refractivity contribution in [3.8, 4) is 0 Å². The standard InChI is InChI=1S/C18H16ClN3OS/c19-14-6-2-4-8-16(14)21-18(24)22-9-10-23-17(22)13-11-20-15-7-3-1-5-12(13)15/h1-8,11,17,20H,9-10H2,(H,21,24)/t17-/m1/s1. The minimum Gasteiger partial charge on any atom is -0.361 e. The van der Waals surface area contributed by atoms with Gasteiger partial charge < -0.3 is 19.9 Å². The maximum atomic E-state index is 6.21. The number of H-pyrrole nitrogens is 1. The van der Waals surface area contributed by atoms with Gasteiger partial charge in [-0.3, -0.25) is 0 Å². The molecule has 0 bridgehead atoms. The Balaban J connectivity index is 1.61. The number of hydrogen-bond donors (Lipinski definition) is 2. The molecule has 0 amide bonds.